The van der Waals surface area contributed by atoms with Gasteiger partial charge in [-0.15, -0.1) is 0 Å². The molecule has 0 unspecified atom stereocenters. The van der Waals surface area contributed by atoms with Crippen LogP contribution in [-0.2, 0) is 0 Å². The number of nitrogens with one attached hydrogen (secondary N) is 1. The second-order valence-electron chi connectivity index (χ2n) is 8.20. The molecule has 1 aromatic heterocycles. The highest BCUT2D eigenvalue weighted by atomic mass is 35.5. The van der Waals surface area contributed by atoms with Gasteiger partial charge in [-0.05, 0) is 25.2 Å². The summed E-state index contributed by atoms with van der Waals surface area (Å²) in [5, 5.41) is 14.4. The Morgan fingerprint density at radius 1 is 1.06 bits per heavy atom. The minimum Gasteiger partial charge on any atom is -0.495 e. The number of rotatable bonds is 6. The highest BCUT2D eigenvalue weighted by Gasteiger charge is 2.16. The quantitative estimate of drug-likeness (QED) is 0.444. The van der Waals surface area contributed by atoms with Crippen LogP contribution in [0.25, 0.3) is 10.9 Å². The number of methoxy groups -OCH3 is 2. The first-order valence-electron chi connectivity index (χ1n) is 12.8. The van der Waals surface area contributed by atoms with E-state index in [0.29, 0.717) is 87.5 Å². The van der Waals surface area contributed by atoms with E-state index in [9.17, 15) is 5.26 Å². The molecule has 0 atom stereocenters. The molecular formula is C27H27Cl2N5O2. The molecule has 0 bridgehead atoms. The first kappa shape index (κ1) is 22.0. The number of nitrogens with zero attached hydrogens (tertiary/aromatic N) is 4. The van der Waals surface area contributed by atoms with Gasteiger partial charge in [0.05, 0.1) is 52.3 Å². The van der Waals surface area contributed by atoms with Crippen molar-refractivity contribution in [1.29, 1.82) is 5.26 Å². The lowest BCUT2D eigenvalue weighted by Gasteiger charge is -2.31. The molecule has 2 heterocycles. The number of nitriles is 1. The van der Waals surface area contributed by atoms with E-state index in [-0.39, 0.29) is 0 Å². The third-order valence-electron chi connectivity index (χ3n) is 5.96. The average Bonchev–Trinajstić information content (AvgIpc) is 2.92. The van der Waals surface area contributed by atoms with Gasteiger partial charge in [-0.3, -0.25) is 9.88 Å². The molecule has 36 heavy (non-hydrogen) atoms. The normalized spacial score (nSPS) is 15.7. The molecule has 0 radical (unpaired) electrons. The van der Waals surface area contributed by atoms with Gasteiger partial charge in [0.25, 0.3) is 0 Å². The highest BCUT2D eigenvalue weighted by Crippen LogP contribution is 2.38. The summed E-state index contributed by atoms with van der Waals surface area (Å²) >= 11 is 12.6. The van der Waals surface area contributed by atoms with E-state index in [2.05, 4.69) is 33.1 Å². The molecule has 4 rings (SSSR count). The zero-order valence-corrected chi connectivity index (χ0v) is 21.5. The zero-order valence-electron chi connectivity index (χ0n) is 23.0. The molecule has 7 nitrogen and oxygen atoms in total. The van der Waals surface area contributed by atoms with Crippen LogP contribution in [0.1, 0.15) is 21.7 Å². The smallest absolute Gasteiger partial charge is 0.139 e. The zero-order chi connectivity index (χ0) is 28.2. The summed E-state index contributed by atoms with van der Waals surface area (Å²) in [7, 11) is 3.07. The summed E-state index contributed by atoms with van der Waals surface area (Å²) in [5.41, 5.74) is 2.66. The van der Waals surface area contributed by atoms with Crippen molar-refractivity contribution < 1.29 is 13.6 Å². The number of piperazine rings is 1. The van der Waals surface area contributed by atoms with Crippen LogP contribution in [0.5, 0.6) is 11.5 Å². The highest BCUT2D eigenvalue weighted by molar-refractivity contribution is 6.37. The average molecular weight is 527 g/mol. The fourth-order valence-electron chi connectivity index (χ4n) is 3.96. The van der Waals surface area contributed by atoms with Gasteiger partial charge in [-0.25, -0.2) is 0 Å². The maximum Gasteiger partial charge on any atom is 0.139 e. The number of aromatic nitrogens is 1. The van der Waals surface area contributed by atoms with E-state index in [1.54, 1.807) is 25.3 Å². The Morgan fingerprint density at radius 3 is 2.53 bits per heavy atom. The van der Waals surface area contributed by atoms with E-state index >= 15 is 0 Å². The number of likely N-dealkylation sites (N-methyl/N-ethyl adjacent to an activating group) is 1. The molecule has 2 aromatic carbocycles. The Labute approximate surface area is 225 Å². The van der Waals surface area contributed by atoms with E-state index < -0.39 is 6.98 Å². The molecule has 0 spiro atoms. The number of benzene rings is 2. The molecule has 1 fully saturated rings. The largest absolute Gasteiger partial charge is 0.495 e. The standard InChI is InChI=1S/C27H27Cl2N5O2/c1-33-8-10-34(11-9-33)7-5-4-6-18-12-23-20(13-25(18)35-2)27(19(16-30)17-31-23)32-24-15-26(36-3)22(29)14-21(24)28/h12-15,17H,5,7-11H2,1-3H3,(H,31,32)/i1D3. The molecule has 1 saturated heterocycles. The van der Waals surface area contributed by atoms with E-state index in [4.69, 9.17) is 36.8 Å². The summed E-state index contributed by atoms with van der Waals surface area (Å²) in [4.78, 5) is 8.21. The molecule has 1 N–H and O–H groups in total. The summed E-state index contributed by atoms with van der Waals surface area (Å²) in [6.07, 6.45) is 2.12. The first-order chi connectivity index (χ1) is 18.6. The minimum atomic E-state index is -2.04. The first-order valence-corrected chi connectivity index (χ1v) is 12.1. The van der Waals surface area contributed by atoms with Gasteiger partial charge >= 0.3 is 0 Å². The maximum atomic E-state index is 9.76. The Morgan fingerprint density at radius 2 is 1.83 bits per heavy atom. The fourth-order valence-corrected chi connectivity index (χ4v) is 4.47. The molecule has 0 saturated carbocycles. The Kier molecular flexibility index (Phi) is 7.15. The summed E-state index contributed by atoms with van der Waals surface area (Å²) in [6.45, 7) is 1.14. The van der Waals surface area contributed by atoms with Gasteiger partial charge in [-0.2, -0.15) is 5.26 Å². The Bertz CT molecular complexity index is 1470. The van der Waals surface area contributed by atoms with Crippen LogP contribution in [0.4, 0.5) is 11.4 Å². The van der Waals surface area contributed by atoms with Crippen LogP contribution in [0, 0.1) is 23.2 Å². The van der Waals surface area contributed by atoms with Gasteiger partial charge in [0.15, 0.2) is 0 Å². The molecular weight excluding hydrogens is 497 g/mol. The minimum absolute atomic E-state index is 0.326. The second kappa shape index (κ2) is 11.7. The van der Waals surface area contributed by atoms with Gasteiger partial charge in [-0.1, -0.05) is 35.0 Å². The number of hydrogen-bond donors (Lipinski definition) is 1. The van der Waals surface area contributed by atoms with Crippen LogP contribution < -0.4 is 14.8 Å². The molecule has 1 aliphatic heterocycles. The molecule has 9 heteroatoms. The fraction of sp³-hybridized carbons (Fsp3) is 0.333. The number of ether oxygens (including phenoxy) is 2. The number of halogens is 2. The number of hydrogen-bond acceptors (Lipinski definition) is 7. The van der Waals surface area contributed by atoms with Crippen molar-refractivity contribution in [2.45, 2.75) is 6.42 Å². The Balaban J connectivity index is 1.57. The van der Waals surface area contributed by atoms with Crippen LogP contribution in [0.2, 0.25) is 10.0 Å². The molecule has 0 aliphatic carbocycles. The lowest BCUT2D eigenvalue weighted by molar-refractivity contribution is 0.157. The van der Waals surface area contributed by atoms with E-state index in [0.717, 1.165) is 6.54 Å². The lowest BCUT2D eigenvalue weighted by atomic mass is 10.1. The van der Waals surface area contributed by atoms with Crippen LogP contribution in [-0.4, -0.2) is 68.7 Å². The summed E-state index contributed by atoms with van der Waals surface area (Å²) in [6, 6.07) is 9.03. The van der Waals surface area contributed by atoms with Crippen molar-refractivity contribution in [3.8, 4) is 29.4 Å². The predicted octanol–water partition coefficient (Wildman–Crippen LogP) is 5.16. The van der Waals surface area contributed by atoms with Crippen molar-refractivity contribution in [2.75, 3.05) is 59.2 Å². The summed E-state index contributed by atoms with van der Waals surface area (Å²) < 4.78 is 33.6. The van der Waals surface area contributed by atoms with Crippen LogP contribution in [0.3, 0.4) is 0 Å². The van der Waals surface area contributed by atoms with Gasteiger partial charge in [0.1, 0.15) is 17.6 Å². The van der Waals surface area contributed by atoms with Crippen LogP contribution >= 0.6 is 23.2 Å². The molecule has 0 amide bonds. The van der Waals surface area contributed by atoms with E-state index in [1.807, 2.05) is 6.07 Å². The second-order valence-corrected chi connectivity index (χ2v) is 9.01. The maximum absolute atomic E-state index is 9.76. The third-order valence-corrected chi connectivity index (χ3v) is 6.57. The number of anilines is 2. The van der Waals surface area contributed by atoms with Crippen molar-refractivity contribution in [1.82, 2.24) is 14.8 Å². The topological polar surface area (TPSA) is 73.7 Å². The van der Waals surface area contributed by atoms with Crippen LogP contribution in [0.15, 0.2) is 30.5 Å². The number of pyridine rings is 1. The van der Waals surface area contributed by atoms with Gasteiger partial charge in [0.2, 0.25) is 0 Å². The van der Waals surface area contributed by atoms with Crippen molar-refractivity contribution in [3.05, 3.63) is 51.6 Å². The van der Waals surface area contributed by atoms with Crippen molar-refractivity contribution in [3.63, 3.8) is 0 Å². The third kappa shape index (κ3) is 5.78. The SMILES string of the molecule is [2H]C([2H])([2H])N1CCN(CCC#Cc2cc3ncc(C#N)c(Nc4cc(OC)c(Cl)cc4Cl)c3cc2OC)CC1. The summed E-state index contributed by atoms with van der Waals surface area (Å²) in [5.74, 6) is 7.36. The van der Waals surface area contributed by atoms with E-state index in [1.165, 1.54) is 18.2 Å². The Hall–Kier alpha value is -3.20. The molecule has 1 aliphatic rings. The number of fused-ring (bicyclic) bond motifs is 1. The van der Waals surface area contributed by atoms with Gasteiger partial charge in [0, 0.05) is 60.9 Å². The molecule has 186 valence electrons. The predicted molar refractivity (Wildman–Crippen MR) is 145 cm³/mol. The van der Waals surface area contributed by atoms with Crippen molar-refractivity contribution in [2.24, 2.45) is 0 Å². The molecule has 3 aromatic rings. The van der Waals surface area contributed by atoms with Crippen molar-refractivity contribution >= 4 is 45.5 Å². The lowest BCUT2D eigenvalue weighted by Crippen LogP contribution is -2.44. The monoisotopic (exact) mass is 526 g/mol. The van der Waals surface area contributed by atoms with Gasteiger partial charge < -0.3 is 19.7 Å².